The van der Waals surface area contributed by atoms with Crippen LogP contribution in [0.4, 0.5) is 0 Å². The third kappa shape index (κ3) is 37.3. The molecule has 10 heteroatoms. The highest BCUT2D eigenvalue weighted by Crippen LogP contribution is 2.43. The van der Waals surface area contributed by atoms with E-state index in [1.165, 1.54) is 70.6 Å². The van der Waals surface area contributed by atoms with Crippen LogP contribution < -0.4 is 5.73 Å². The third-order valence-electron chi connectivity index (χ3n) is 7.92. The Balaban J connectivity index is 4.32. The number of esters is 2. The molecule has 0 amide bonds. The van der Waals surface area contributed by atoms with Crippen molar-refractivity contribution in [1.29, 1.82) is 0 Å². The van der Waals surface area contributed by atoms with Crippen molar-refractivity contribution in [3.8, 4) is 0 Å². The van der Waals surface area contributed by atoms with Crippen LogP contribution in [0.5, 0.6) is 0 Å². The molecule has 0 spiro atoms. The van der Waals surface area contributed by atoms with Gasteiger partial charge in [-0.25, -0.2) is 4.57 Å². The number of hydrogen-bond donors (Lipinski definition) is 2. The first-order chi connectivity index (χ1) is 24.8. The lowest BCUT2D eigenvalue weighted by molar-refractivity contribution is -0.161. The SMILES string of the molecule is CCCCCC=CCC=CCC=CCC=CCC=CCCC(=O)OC[C@H](COP(=O)(O)OCCN)OC(=O)CCCCCCCCCCCCC. The van der Waals surface area contributed by atoms with E-state index < -0.39 is 32.5 Å². The van der Waals surface area contributed by atoms with Gasteiger partial charge in [0.05, 0.1) is 13.2 Å². The number of unbranched alkanes of at least 4 members (excludes halogenated alkanes) is 13. The summed E-state index contributed by atoms with van der Waals surface area (Å²) in [5.74, 6) is -0.929. The van der Waals surface area contributed by atoms with Gasteiger partial charge in [-0.3, -0.25) is 18.6 Å². The van der Waals surface area contributed by atoms with Crippen LogP contribution in [0.1, 0.15) is 155 Å². The van der Waals surface area contributed by atoms with Crippen LogP contribution in [-0.2, 0) is 32.7 Å². The normalized spacial score (nSPS) is 14.0. The second-order valence-corrected chi connectivity index (χ2v) is 14.3. The van der Waals surface area contributed by atoms with Gasteiger partial charge in [0.2, 0.25) is 0 Å². The second-order valence-electron chi connectivity index (χ2n) is 12.8. The molecule has 0 aromatic rings. The number of phosphoric acid groups is 1. The summed E-state index contributed by atoms with van der Waals surface area (Å²) in [6, 6.07) is 0. The van der Waals surface area contributed by atoms with Crippen LogP contribution in [0.15, 0.2) is 60.8 Å². The summed E-state index contributed by atoms with van der Waals surface area (Å²) >= 11 is 0. The highest BCUT2D eigenvalue weighted by Gasteiger charge is 2.25. The van der Waals surface area contributed by atoms with E-state index in [4.69, 9.17) is 24.3 Å². The quantitative estimate of drug-likeness (QED) is 0.0279. The average molecular weight is 738 g/mol. The van der Waals surface area contributed by atoms with E-state index >= 15 is 0 Å². The summed E-state index contributed by atoms with van der Waals surface area (Å²) in [7, 11) is -4.39. The number of ether oxygens (including phenoxy) is 2. The molecule has 0 rings (SSSR count). The number of nitrogens with two attached hydrogens (primary N) is 1. The molecule has 3 N–H and O–H groups in total. The van der Waals surface area contributed by atoms with E-state index in [-0.39, 0.29) is 32.6 Å². The lowest BCUT2D eigenvalue weighted by Crippen LogP contribution is -2.29. The lowest BCUT2D eigenvalue weighted by atomic mass is 10.1. The summed E-state index contributed by atoms with van der Waals surface area (Å²) in [6.07, 6.45) is 42.7. The predicted octanol–water partition coefficient (Wildman–Crippen LogP) is 10.9. The van der Waals surface area contributed by atoms with E-state index in [0.29, 0.717) is 12.8 Å². The van der Waals surface area contributed by atoms with Crippen LogP contribution >= 0.6 is 7.82 Å². The van der Waals surface area contributed by atoms with E-state index in [0.717, 1.165) is 44.9 Å². The van der Waals surface area contributed by atoms with Crippen LogP contribution in [0.25, 0.3) is 0 Å². The Hall–Kier alpha value is -2.29. The molecule has 294 valence electrons. The highest BCUT2D eigenvalue weighted by atomic mass is 31.2. The largest absolute Gasteiger partial charge is 0.472 e. The number of allylic oxidation sites excluding steroid dienone is 10. The van der Waals surface area contributed by atoms with Gasteiger partial charge in [0, 0.05) is 19.4 Å². The first-order valence-corrected chi connectivity index (χ1v) is 21.3. The zero-order chi connectivity index (χ0) is 37.5. The fourth-order valence-electron chi connectivity index (χ4n) is 4.97. The van der Waals surface area contributed by atoms with Crippen molar-refractivity contribution in [2.75, 3.05) is 26.4 Å². The minimum Gasteiger partial charge on any atom is -0.462 e. The summed E-state index contributed by atoms with van der Waals surface area (Å²) in [5.41, 5.74) is 5.33. The Kier molecular flexibility index (Phi) is 35.8. The molecule has 0 saturated carbocycles. The van der Waals surface area contributed by atoms with E-state index in [9.17, 15) is 19.0 Å². The van der Waals surface area contributed by atoms with Crippen LogP contribution in [0.2, 0.25) is 0 Å². The molecule has 0 aliphatic rings. The van der Waals surface area contributed by atoms with Crippen molar-refractivity contribution in [2.45, 2.75) is 161 Å². The van der Waals surface area contributed by atoms with E-state index in [2.05, 4.69) is 62.5 Å². The molecule has 0 heterocycles. The maximum Gasteiger partial charge on any atom is 0.472 e. The minimum atomic E-state index is -4.39. The topological polar surface area (TPSA) is 134 Å². The molecule has 0 aliphatic carbocycles. The fourth-order valence-corrected chi connectivity index (χ4v) is 5.73. The molecule has 51 heavy (non-hydrogen) atoms. The summed E-state index contributed by atoms with van der Waals surface area (Å²) in [6.45, 7) is 3.59. The van der Waals surface area contributed by atoms with Crippen molar-refractivity contribution >= 4 is 19.8 Å². The Morgan fingerprint density at radius 3 is 1.59 bits per heavy atom. The first kappa shape index (κ1) is 48.7. The molecule has 9 nitrogen and oxygen atoms in total. The van der Waals surface area contributed by atoms with Gasteiger partial charge in [-0.05, 0) is 51.4 Å². The smallest absolute Gasteiger partial charge is 0.462 e. The molecule has 0 radical (unpaired) electrons. The molecule has 1 unspecified atom stereocenters. The zero-order valence-electron chi connectivity index (χ0n) is 32.1. The summed E-state index contributed by atoms with van der Waals surface area (Å²) in [4.78, 5) is 34.7. The van der Waals surface area contributed by atoms with Crippen molar-refractivity contribution in [3.05, 3.63) is 60.8 Å². The Morgan fingerprint density at radius 2 is 1.06 bits per heavy atom. The predicted molar refractivity (Wildman–Crippen MR) is 210 cm³/mol. The first-order valence-electron chi connectivity index (χ1n) is 19.8. The van der Waals surface area contributed by atoms with Crippen LogP contribution in [0, 0.1) is 0 Å². The van der Waals surface area contributed by atoms with Gasteiger partial charge in [0.15, 0.2) is 6.10 Å². The van der Waals surface area contributed by atoms with E-state index in [1.807, 2.05) is 12.2 Å². The maximum atomic E-state index is 12.5. The molecule has 0 aromatic carbocycles. The average Bonchev–Trinajstić information content (AvgIpc) is 3.11. The van der Waals surface area contributed by atoms with Crippen molar-refractivity contribution in [3.63, 3.8) is 0 Å². The number of rotatable bonds is 36. The van der Waals surface area contributed by atoms with Crippen molar-refractivity contribution in [1.82, 2.24) is 0 Å². The molecular formula is C41H72NO8P. The van der Waals surface area contributed by atoms with Crippen LogP contribution in [0.3, 0.4) is 0 Å². The minimum absolute atomic E-state index is 0.0426. The van der Waals surface area contributed by atoms with Gasteiger partial charge < -0.3 is 20.1 Å². The summed E-state index contributed by atoms with van der Waals surface area (Å²) < 4.78 is 32.6. The molecule has 0 aliphatic heterocycles. The van der Waals surface area contributed by atoms with Gasteiger partial charge in [-0.2, -0.15) is 0 Å². The van der Waals surface area contributed by atoms with Gasteiger partial charge in [-0.15, -0.1) is 0 Å². The second kappa shape index (κ2) is 37.5. The van der Waals surface area contributed by atoms with Gasteiger partial charge >= 0.3 is 19.8 Å². The molecule has 0 saturated heterocycles. The van der Waals surface area contributed by atoms with E-state index in [1.54, 1.807) is 0 Å². The molecule has 0 aromatic heterocycles. The molecular weight excluding hydrogens is 665 g/mol. The number of carbonyl (C=O) groups is 2. The Bertz CT molecular complexity index is 1020. The molecule has 0 fully saturated rings. The Labute approximate surface area is 310 Å². The number of phosphoric ester groups is 1. The zero-order valence-corrected chi connectivity index (χ0v) is 33.0. The Morgan fingerprint density at radius 1 is 0.588 bits per heavy atom. The number of carbonyl (C=O) groups excluding carboxylic acids is 2. The van der Waals surface area contributed by atoms with Gasteiger partial charge in [-0.1, -0.05) is 152 Å². The standard InChI is InChI=1S/C41H72NO8P/c1-3-5-7-9-11-13-15-16-17-18-19-20-21-22-24-25-27-29-31-33-40(43)47-37-39(38-49-51(45,46)48-36-35-42)50-41(44)34-32-30-28-26-23-14-12-10-8-6-4-2/h11,13,16-17,19-20,22,24,27,29,39H,3-10,12,14-15,18,21,23,25-26,28,30-38,42H2,1-2H3,(H,45,46)/t39-/m1/s1. The summed E-state index contributed by atoms with van der Waals surface area (Å²) in [5, 5.41) is 0. The number of hydrogen-bond acceptors (Lipinski definition) is 8. The lowest BCUT2D eigenvalue weighted by Gasteiger charge is -2.19. The monoisotopic (exact) mass is 737 g/mol. The molecule has 0 bridgehead atoms. The van der Waals surface area contributed by atoms with Crippen molar-refractivity contribution in [2.24, 2.45) is 5.73 Å². The fraction of sp³-hybridized carbons (Fsp3) is 0.707. The highest BCUT2D eigenvalue weighted by molar-refractivity contribution is 7.47. The van der Waals surface area contributed by atoms with Crippen LogP contribution in [-0.4, -0.2) is 49.3 Å². The van der Waals surface area contributed by atoms with Gasteiger partial charge in [0.25, 0.3) is 0 Å². The van der Waals surface area contributed by atoms with Crippen molar-refractivity contribution < 1.29 is 37.6 Å². The molecule has 2 atom stereocenters. The van der Waals surface area contributed by atoms with Gasteiger partial charge in [0.1, 0.15) is 6.61 Å². The maximum absolute atomic E-state index is 12.5. The third-order valence-corrected chi connectivity index (χ3v) is 8.90.